The molecule has 164 valence electrons. The van der Waals surface area contributed by atoms with Gasteiger partial charge in [0.2, 0.25) is 0 Å². The fraction of sp³-hybridized carbons (Fsp3) is 0.481. The Morgan fingerprint density at radius 3 is 1.97 bits per heavy atom. The molecular formula is C27H38ClNO. The number of rotatable bonds is 12. The number of unbranched alkanes of at least 4 members (excludes halogenated alkanes) is 3. The van der Waals surface area contributed by atoms with Crippen molar-refractivity contribution in [2.75, 3.05) is 19.6 Å². The Balaban J connectivity index is 0.00000320. The number of fused-ring (bicyclic) bond motifs is 3. The van der Waals surface area contributed by atoms with Crippen LogP contribution in [0.15, 0.2) is 54.6 Å². The molecule has 0 saturated heterocycles. The van der Waals surface area contributed by atoms with Gasteiger partial charge in [-0.1, -0.05) is 75.2 Å². The minimum Gasteiger partial charge on any atom is -0.388 e. The quantitative estimate of drug-likeness (QED) is 0.238. The van der Waals surface area contributed by atoms with Crippen LogP contribution in [0.25, 0.3) is 21.5 Å². The summed E-state index contributed by atoms with van der Waals surface area (Å²) in [4.78, 5) is 2.62. The Labute approximate surface area is 188 Å². The van der Waals surface area contributed by atoms with E-state index in [1.54, 1.807) is 0 Å². The minimum absolute atomic E-state index is 0. The van der Waals surface area contributed by atoms with Gasteiger partial charge in [-0.05, 0) is 84.9 Å². The molecule has 1 unspecified atom stereocenters. The van der Waals surface area contributed by atoms with E-state index in [0.717, 1.165) is 31.4 Å². The van der Waals surface area contributed by atoms with Crippen molar-refractivity contribution in [1.29, 1.82) is 0 Å². The molecule has 0 spiro atoms. The number of aliphatic hydroxyl groups is 1. The summed E-state index contributed by atoms with van der Waals surface area (Å²) in [6.45, 7) is 8.12. The van der Waals surface area contributed by atoms with Crippen LogP contribution in [0.5, 0.6) is 0 Å². The molecule has 0 aliphatic carbocycles. The largest absolute Gasteiger partial charge is 0.388 e. The molecule has 0 aliphatic rings. The van der Waals surface area contributed by atoms with Gasteiger partial charge in [0, 0.05) is 0 Å². The summed E-state index contributed by atoms with van der Waals surface area (Å²) in [5, 5.41) is 15.9. The fourth-order valence-electron chi connectivity index (χ4n) is 4.29. The molecule has 0 radical (unpaired) electrons. The van der Waals surface area contributed by atoms with Gasteiger partial charge in [0.25, 0.3) is 0 Å². The van der Waals surface area contributed by atoms with Crippen LogP contribution >= 0.6 is 12.4 Å². The van der Waals surface area contributed by atoms with Crippen LogP contribution < -0.4 is 0 Å². The molecule has 3 aromatic carbocycles. The second-order valence-corrected chi connectivity index (χ2v) is 8.29. The summed E-state index contributed by atoms with van der Waals surface area (Å²) in [6, 6.07) is 19.2. The van der Waals surface area contributed by atoms with Crippen LogP contribution in [-0.2, 0) is 0 Å². The number of benzene rings is 3. The van der Waals surface area contributed by atoms with E-state index in [9.17, 15) is 5.11 Å². The fourth-order valence-corrected chi connectivity index (χ4v) is 4.29. The molecule has 1 N–H and O–H groups in total. The van der Waals surface area contributed by atoms with Gasteiger partial charge in [0.15, 0.2) is 0 Å². The highest BCUT2D eigenvalue weighted by Crippen LogP contribution is 2.33. The number of aliphatic hydroxyl groups excluding tert-OH is 1. The lowest BCUT2D eigenvalue weighted by Crippen LogP contribution is -2.27. The molecule has 0 bridgehead atoms. The number of hydrogen-bond donors (Lipinski definition) is 1. The first kappa shape index (κ1) is 24.7. The van der Waals surface area contributed by atoms with Crippen molar-refractivity contribution in [3.05, 3.63) is 60.2 Å². The molecule has 0 amide bonds. The average Bonchev–Trinajstić information content (AvgIpc) is 2.77. The van der Waals surface area contributed by atoms with Gasteiger partial charge in [-0.3, -0.25) is 0 Å². The van der Waals surface area contributed by atoms with Crippen molar-refractivity contribution in [1.82, 2.24) is 4.90 Å². The minimum atomic E-state index is -0.399. The summed E-state index contributed by atoms with van der Waals surface area (Å²) in [5.41, 5.74) is 1.08. The Kier molecular flexibility index (Phi) is 10.6. The maximum absolute atomic E-state index is 11.0. The Morgan fingerprint density at radius 1 is 0.733 bits per heavy atom. The average molecular weight is 428 g/mol. The summed E-state index contributed by atoms with van der Waals surface area (Å²) in [7, 11) is 0. The topological polar surface area (TPSA) is 23.5 Å². The number of nitrogens with zero attached hydrogens (tertiary/aromatic N) is 1. The van der Waals surface area contributed by atoms with E-state index in [0.29, 0.717) is 0 Å². The zero-order valence-electron chi connectivity index (χ0n) is 18.6. The van der Waals surface area contributed by atoms with E-state index in [1.807, 2.05) is 0 Å². The lowest BCUT2D eigenvalue weighted by molar-refractivity contribution is 0.162. The third-order valence-electron chi connectivity index (χ3n) is 6.02. The normalized spacial score (nSPS) is 12.4. The van der Waals surface area contributed by atoms with Gasteiger partial charge >= 0.3 is 0 Å². The van der Waals surface area contributed by atoms with Crippen LogP contribution in [0.3, 0.4) is 0 Å². The Hall–Kier alpha value is -1.61. The van der Waals surface area contributed by atoms with Crippen LogP contribution in [0, 0.1) is 0 Å². The van der Waals surface area contributed by atoms with E-state index >= 15 is 0 Å². The SMILES string of the molecule is CCCCN(CCCC)CCCCC(O)c1cc2ccccc2c2ccccc12.Cl. The molecule has 0 saturated carbocycles. The van der Waals surface area contributed by atoms with Crippen LogP contribution in [0.4, 0.5) is 0 Å². The monoisotopic (exact) mass is 427 g/mol. The van der Waals surface area contributed by atoms with E-state index in [2.05, 4.69) is 73.3 Å². The second kappa shape index (κ2) is 12.9. The van der Waals surface area contributed by atoms with Crippen LogP contribution in [0.2, 0.25) is 0 Å². The van der Waals surface area contributed by atoms with Crippen molar-refractivity contribution in [3.8, 4) is 0 Å². The predicted molar refractivity (Wildman–Crippen MR) is 134 cm³/mol. The Morgan fingerprint density at radius 2 is 1.30 bits per heavy atom. The first-order valence-corrected chi connectivity index (χ1v) is 11.6. The third kappa shape index (κ3) is 6.44. The van der Waals surface area contributed by atoms with Gasteiger partial charge in [0.1, 0.15) is 0 Å². The van der Waals surface area contributed by atoms with Gasteiger partial charge in [0.05, 0.1) is 6.10 Å². The third-order valence-corrected chi connectivity index (χ3v) is 6.02. The van der Waals surface area contributed by atoms with Crippen molar-refractivity contribution in [2.24, 2.45) is 0 Å². The highest BCUT2D eigenvalue weighted by Gasteiger charge is 2.14. The van der Waals surface area contributed by atoms with Gasteiger partial charge in [-0.25, -0.2) is 0 Å². The van der Waals surface area contributed by atoms with E-state index in [4.69, 9.17) is 0 Å². The second-order valence-electron chi connectivity index (χ2n) is 8.29. The summed E-state index contributed by atoms with van der Waals surface area (Å²) in [6.07, 6.45) is 7.76. The molecule has 2 nitrogen and oxygen atoms in total. The number of halogens is 1. The van der Waals surface area contributed by atoms with Crippen LogP contribution in [0.1, 0.15) is 70.5 Å². The molecule has 3 heteroatoms. The highest BCUT2D eigenvalue weighted by molar-refractivity contribution is 6.09. The molecule has 3 aromatic rings. The van der Waals surface area contributed by atoms with E-state index in [-0.39, 0.29) is 12.4 Å². The summed E-state index contributed by atoms with van der Waals surface area (Å²) >= 11 is 0. The van der Waals surface area contributed by atoms with Crippen molar-refractivity contribution < 1.29 is 5.11 Å². The number of hydrogen-bond acceptors (Lipinski definition) is 2. The van der Waals surface area contributed by atoms with E-state index < -0.39 is 6.10 Å². The van der Waals surface area contributed by atoms with Crippen molar-refractivity contribution >= 4 is 34.0 Å². The van der Waals surface area contributed by atoms with Gasteiger partial charge in [-0.15, -0.1) is 12.4 Å². The molecule has 1 atom stereocenters. The summed E-state index contributed by atoms with van der Waals surface area (Å²) < 4.78 is 0. The zero-order chi connectivity index (χ0) is 20.5. The van der Waals surface area contributed by atoms with Crippen LogP contribution in [-0.4, -0.2) is 29.6 Å². The maximum Gasteiger partial charge on any atom is 0.0796 e. The molecule has 3 rings (SSSR count). The molecule has 0 aromatic heterocycles. The molecule has 0 aliphatic heterocycles. The maximum atomic E-state index is 11.0. The molecule has 0 heterocycles. The van der Waals surface area contributed by atoms with Gasteiger partial charge < -0.3 is 10.0 Å². The Bertz CT molecular complexity index is 886. The molecular weight excluding hydrogens is 390 g/mol. The standard InChI is InChI=1S/C27H37NO.ClH/c1-3-5-18-28(19-6-4-2)20-12-11-17-27(29)26-21-22-13-7-8-14-23(22)24-15-9-10-16-25(24)26;/h7-10,13-16,21,27,29H,3-6,11-12,17-20H2,1-2H3;1H. The lowest BCUT2D eigenvalue weighted by atomic mass is 9.93. The highest BCUT2D eigenvalue weighted by atomic mass is 35.5. The van der Waals surface area contributed by atoms with E-state index in [1.165, 1.54) is 60.3 Å². The smallest absolute Gasteiger partial charge is 0.0796 e. The molecule has 30 heavy (non-hydrogen) atoms. The van der Waals surface area contributed by atoms with Gasteiger partial charge in [-0.2, -0.15) is 0 Å². The first-order chi connectivity index (χ1) is 14.2. The summed E-state index contributed by atoms with van der Waals surface area (Å²) in [5.74, 6) is 0. The van der Waals surface area contributed by atoms with Crippen molar-refractivity contribution in [2.45, 2.75) is 64.9 Å². The van der Waals surface area contributed by atoms with Crippen molar-refractivity contribution in [3.63, 3.8) is 0 Å². The molecule has 0 fully saturated rings. The zero-order valence-corrected chi connectivity index (χ0v) is 19.5. The first-order valence-electron chi connectivity index (χ1n) is 11.6. The lowest BCUT2D eigenvalue weighted by Gasteiger charge is -2.22. The predicted octanol–water partition coefficient (Wildman–Crippen LogP) is 7.52.